The molecular weight excluding hydrogens is 451 g/mol. The van der Waals surface area contributed by atoms with Gasteiger partial charge in [0.15, 0.2) is 0 Å². The maximum atomic E-state index is 11.5. The number of hydrogen-bond donors (Lipinski definition) is 7. The summed E-state index contributed by atoms with van der Waals surface area (Å²) in [6.45, 7) is 3.13. The molecule has 0 aliphatic carbocycles. The zero-order chi connectivity index (χ0) is 16.1. The number of halogens is 5. The van der Waals surface area contributed by atoms with Crippen molar-refractivity contribution in [2.45, 2.75) is 0 Å². The fourth-order valence-corrected chi connectivity index (χ4v) is 1.58. The summed E-state index contributed by atoms with van der Waals surface area (Å²) in [5.41, 5.74) is 21.7. The third-order valence-electron chi connectivity index (χ3n) is 3.08. The second-order valence-electron chi connectivity index (χ2n) is 4.67. The molecular formula is C12H34Cl5N7O2. The van der Waals surface area contributed by atoms with E-state index in [2.05, 4.69) is 16.0 Å². The molecule has 0 fully saturated rings. The van der Waals surface area contributed by atoms with Crippen molar-refractivity contribution < 1.29 is 9.59 Å². The predicted molar refractivity (Wildman–Crippen MR) is 118 cm³/mol. The molecule has 0 aliphatic heterocycles. The Labute approximate surface area is 186 Å². The summed E-state index contributed by atoms with van der Waals surface area (Å²) in [4.78, 5) is 23.1. The predicted octanol–water partition coefficient (Wildman–Crippen LogP) is -2.02. The van der Waals surface area contributed by atoms with Crippen LogP contribution in [0.2, 0.25) is 0 Å². The van der Waals surface area contributed by atoms with E-state index < -0.39 is 0 Å². The summed E-state index contributed by atoms with van der Waals surface area (Å²) in [5.74, 6) is -0.949. The lowest BCUT2D eigenvalue weighted by molar-refractivity contribution is -0.125. The van der Waals surface area contributed by atoms with Gasteiger partial charge in [-0.1, -0.05) is 0 Å². The number of carbonyl (C=O) groups is 2. The SMILES string of the molecule is Cl.Cl.Cl.Cl.Cl.NCC(CN)C(=O)NCCNCCNC(=O)C(CN)CN. The van der Waals surface area contributed by atoms with Gasteiger partial charge in [0.05, 0.1) is 11.8 Å². The Kier molecular flexibility index (Phi) is 43.0. The summed E-state index contributed by atoms with van der Waals surface area (Å²) < 4.78 is 0. The molecule has 164 valence electrons. The molecule has 0 spiro atoms. The highest BCUT2D eigenvalue weighted by atomic mass is 35.5. The summed E-state index contributed by atoms with van der Waals surface area (Å²) in [5, 5.41) is 8.57. The van der Waals surface area contributed by atoms with Crippen molar-refractivity contribution in [3.05, 3.63) is 0 Å². The molecule has 0 atom stereocenters. The van der Waals surface area contributed by atoms with Gasteiger partial charge >= 0.3 is 0 Å². The normalized spacial score (nSPS) is 8.85. The number of hydrogen-bond acceptors (Lipinski definition) is 7. The molecule has 14 heteroatoms. The van der Waals surface area contributed by atoms with Crippen LogP contribution in [-0.4, -0.2) is 64.2 Å². The van der Waals surface area contributed by atoms with E-state index in [9.17, 15) is 9.59 Å². The van der Waals surface area contributed by atoms with Crippen LogP contribution >= 0.6 is 62.0 Å². The second kappa shape index (κ2) is 27.4. The van der Waals surface area contributed by atoms with Crippen LogP contribution in [0.5, 0.6) is 0 Å². The van der Waals surface area contributed by atoms with Crippen LogP contribution in [0.25, 0.3) is 0 Å². The average molecular weight is 486 g/mol. The Bertz CT molecular complexity index is 284. The van der Waals surface area contributed by atoms with Crippen molar-refractivity contribution in [2.24, 2.45) is 34.8 Å². The zero-order valence-corrected chi connectivity index (χ0v) is 18.6. The first-order valence-electron chi connectivity index (χ1n) is 7.17. The zero-order valence-electron chi connectivity index (χ0n) is 14.5. The lowest BCUT2D eigenvalue weighted by Gasteiger charge is -2.14. The van der Waals surface area contributed by atoms with Crippen molar-refractivity contribution >= 4 is 73.8 Å². The van der Waals surface area contributed by atoms with E-state index in [0.717, 1.165) is 0 Å². The molecule has 26 heavy (non-hydrogen) atoms. The van der Waals surface area contributed by atoms with Gasteiger partial charge in [-0.3, -0.25) is 9.59 Å². The molecule has 0 aromatic heterocycles. The van der Waals surface area contributed by atoms with Gasteiger partial charge in [-0.2, -0.15) is 0 Å². The number of rotatable bonds is 12. The lowest BCUT2D eigenvalue weighted by atomic mass is 10.1. The number of nitrogens with one attached hydrogen (secondary N) is 3. The largest absolute Gasteiger partial charge is 0.355 e. The van der Waals surface area contributed by atoms with Crippen molar-refractivity contribution in [3.63, 3.8) is 0 Å². The van der Waals surface area contributed by atoms with E-state index in [1.807, 2.05) is 0 Å². The molecule has 9 nitrogen and oxygen atoms in total. The Balaban J connectivity index is -0.000000200. The van der Waals surface area contributed by atoms with Crippen LogP contribution in [0.1, 0.15) is 0 Å². The fourth-order valence-electron chi connectivity index (χ4n) is 1.58. The summed E-state index contributed by atoms with van der Waals surface area (Å²) in [6.07, 6.45) is 0. The van der Waals surface area contributed by atoms with E-state index in [1.165, 1.54) is 0 Å². The van der Waals surface area contributed by atoms with Gasteiger partial charge in [0.1, 0.15) is 0 Å². The second-order valence-corrected chi connectivity index (χ2v) is 4.67. The average Bonchev–Trinajstić information content (AvgIpc) is 2.48. The van der Waals surface area contributed by atoms with Crippen LogP contribution in [-0.2, 0) is 9.59 Å². The minimum Gasteiger partial charge on any atom is -0.355 e. The summed E-state index contributed by atoms with van der Waals surface area (Å²) in [7, 11) is 0. The molecule has 0 aromatic rings. The van der Waals surface area contributed by atoms with E-state index in [0.29, 0.717) is 26.2 Å². The third kappa shape index (κ3) is 19.0. The van der Waals surface area contributed by atoms with Gasteiger partial charge in [-0.25, -0.2) is 0 Å². The van der Waals surface area contributed by atoms with E-state index in [1.54, 1.807) is 0 Å². The summed E-state index contributed by atoms with van der Waals surface area (Å²) >= 11 is 0. The van der Waals surface area contributed by atoms with Crippen LogP contribution in [0.3, 0.4) is 0 Å². The molecule has 0 bridgehead atoms. The first kappa shape index (κ1) is 40.8. The topological polar surface area (TPSA) is 174 Å². The minimum absolute atomic E-state index is 0. The molecule has 0 unspecified atom stereocenters. The Morgan fingerprint density at radius 3 is 1.08 bits per heavy atom. The molecule has 0 heterocycles. The smallest absolute Gasteiger partial charge is 0.225 e. The number of nitrogens with two attached hydrogens (primary N) is 4. The van der Waals surface area contributed by atoms with Gasteiger partial charge in [-0.15, -0.1) is 62.0 Å². The van der Waals surface area contributed by atoms with Crippen LogP contribution < -0.4 is 38.9 Å². The van der Waals surface area contributed by atoms with Crippen molar-refractivity contribution in [3.8, 4) is 0 Å². The quantitative estimate of drug-likeness (QED) is 0.156. The standard InChI is InChI=1S/C12H29N7O2.5ClH/c13-5-9(6-14)11(20)18-3-1-17-2-4-19-12(21)10(7-15)8-16;;;;;/h9-10,17H,1-8,13-16H2,(H,18,20)(H,19,21);5*1H. The maximum Gasteiger partial charge on any atom is 0.225 e. The van der Waals surface area contributed by atoms with Gasteiger partial charge in [0.2, 0.25) is 11.8 Å². The van der Waals surface area contributed by atoms with Gasteiger partial charge < -0.3 is 38.9 Å². The van der Waals surface area contributed by atoms with Crippen LogP contribution in [0.4, 0.5) is 0 Å². The first-order chi connectivity index (χ1) is 10.1. The third-order valence-corrected chi connectivity index (χ3v) is 3.08. The van der Waals surface area contributed by atoms with Crippen molar-refractivity contribution in [1.29, 1.82) is 0 Å². The molecule has 0 radical (unpaired) electrons. The van der Waals surface area contributed by atoms with Crippen LogP contribution in [0.15, 0.2) is 0 Å². The number of carbonyl (C=O) groups excluding carboxylic acids is 2. The highest BCUT2D eigenvalue weighted by Crippen LogP contribution is 1.89. The number of amides is 2. The van der Waals surface area contributed by atoms with Gasteiger partial charge in [0, 0.05) is 52.4 Å². The molecule has 11 N–H and O–H groups in total. The highest BCUT2D eigenvalue weighted by Gasteiger charge is 2.14. The minimum atomic E-state index is -0.339. The van der Waals surface area contributed by atoms with Gasteiger partial charge in [0.25, 0.3) is 0 Å². The van der Waals surface area contributed by atoms with Gasteiger partial charge in [-0.05, 0) is 0 Å². The molecule has 2 amide bonds. The molecule has 0 saturated heterocycles. The lowest BCUT2D eigenvalue weighted by Crippen LogP contribution is -2.43. The first-order valence-corrected chi connectivity index (χ1v) is 7.17. The van der Waals surface area contributed by atoms with E-state index in [4.69, 9.17) is 22.9 Å². The molecule has 0 saturated carbocycles. The summed E-state index contributed by atoms with van der Waals surface area (Å²) in [6, 6.07) is 0. The van der Waals surface area contributed by atoms with Crippen molar-refractivity contribution in [1.82, 2.24) is 16.0 Å². The molecule has 0 aliphatic rings. The Hall–Kier alpha value is 0.190. The molecule has 0 rings (SSSR count). The van der Waals surface area contributed by atoms with E-state index >= 15 is 0 Å². The Morgan fingerprint density at radius 1 is 0.577 bits per heavy atom. The van der Waals surface area contributed by atoms with Crippen molar-refractivity contribution in [2.75, 3.05) is 52.4 Å². The molecule has 0 aromatic carbocycles. The Morgan fingerprint density at radius 2 is 0.846 bits per heavy atom. The maximum absolute atomic E-state index is 11.5. The fraction of sp³-hybridized carbons (Fsp3) is 0.833. The van der Waals surface area contributed by atoms with E-state index in [-0.39, 0.29) is 112 Å². The highest BCUT2D eigenvalue weighted by molar-refractivity contribution is 5.86. The van der Waals surface area contributed by atoms with Crippen LogP contribution in [0, 0.1) is 11.8 Å². The monoisotopic (exact) mass is 483 g/mol.